The Labute approximate surface area is 120 Å². The number of anilines is 2. The first-order valence-corrected chi connectivity index (χ1v) is 7.48. The zero-order valence-electron chi connectivity index (χ0n) is 12.6. The Kier molecular flexibility index (Phi) is 3.28. The lowest BCUT2D eigenvalue weighted by Crippen LogP contribution is -2.41. The minimum atomic E-state index is 0.581. The maximum Gasteiger partial charge on any atom is 0.0727 e. The molecule has 3 heteroatoms. The van der Waals surface area contributed by atoms with Gasteiger partial charge in [-0.05, 0) is 56.9 Å². The van der Waals surface area contributed by atoms with E-state index in [1.165, 1.54) is 23.9 Å². The first-order valence-electron chi connectivity index (χ1n) is 7.48. The molecule has 0 amide bonds. The topological polar surface area (TPSA) is 42.1 Å². The van der Waals surface area contributed by atoms with Crippen LogP contribution in [0.4, 0.5) is 11.4 Å². The Balaban J connectivity index is 2.16. The molecule has 2 heterocycles. The average Bonchev–Trinajstić information content (AvgIpc) is 2.41. The number of aromatic nitrogens is 1. The van der Waals surface area contributed by atoms with Crippen molar-refractivity contribution in [2.45, 2.75) is 39.7 Å². The van der Waals surface area contributed by atoms with Crippen molar-refractivity contribution in [1.82, 2.24) is 4.98 Å². The largest absolute Gasteiger partial charge is 0.399 e. The molecular formula is C17H23N3. The molecule has 106 valence electrons. The number of hydrogen-bond acceptors (Lipinski definition) is 3. The number of benzene rings is 1. The van der Waals surface area contributed by atoms with Crippen LogP contribution < -0.4 is 10.6 Å². The Morgan fingerprint density at radius 1 is 1.20 bits per heavy atom. The fourth-order valence-electron chi connectivity index (χ4n) is 3.22. The van der Waals surface area contributed by atoms with E-state index in [9.17, 15) is 0 Å². The van der Waals surface area contributed by atoms with Gasteiger partial charge >= 0.3 is 0 Å². The van der Waals surface area contributed by atoms with Crippen LogP contribution in [0.2, 0.25) is 0 Å². The van der Waals surface area contributed by atoms with Crippen molar-refractivity contribution in [1.29, 1.82) is 0 Å². The van der Waals surface area contributed by atoms with Crippen LogP contribution >= 0.6 is 0 Å². The molecular weight excluding hydrogens is 246 g/mol. The molecule has 1 aromatic heterocycles. The highest BCUT2D eigenvalue weighted by Gasteiger charge is 2.24. The van der Waals surface area contributed by atoms with E-state index < -0.39 is 0 Å². The maximum atomic E-state index is 5.98. The van der Waals surface area contributed by atoms with Crippen LogP contribution in [-0.2, 0) is 0 Å². The molecule has 2 aromatic rings. The smallest absolute Gasteiger partial charge is 0.0727 e. The van der Waals surface area contributed by atoms with Gasteiger partial charge in [-0.2, -0.15) is 0 Å². The van der Waals surface area contributed by atoms with Crippen LogP contribution in [0.15, 0.2) is 24.3 Å². The third kappa shape index (κ3) is 2.33. The number of aryl methyl sites for hydroxylation is 1. The summed E-state index contributed by atoms with van der Waals surface area (Å²) in [7, 11) is 0. The lowest BCUT2D eigenvalue weighted by molar-refractivity contribution is 0.391. The summed E-state index contributed by atoms with van der Waals surface area (Å²) < 4.78 is 0. The van der Waals surface area contributed by atoms with Crippen LogP contribution in [0.5, 0.6) is 0 Å². The first kappa shape index (κ1) is 13.2. The second-order valence-electron chi connectivity index (χ2n) is 6.24. The summed E-state index contributed by atoms with van der Waals surface area (Å²) in [6.07, 6.45) is 2.58. The number of hydrogen-bond donors (Lipinski definition) is 1. The molecule has 1 aromatic carbocycles. The van der Waals surface area contributed by atoms with E-state index in [1.807, 2.05) is 12.1 Å². The van der Waals surface area contributed by atoms with Crippen molar-refractivity contribution in [3.8, 4) is 0 Å². The van der Waals surface area contributed by atoms with Gasteiger partial charge in [0.1, 0.15) is 0 Å². The van der Waals surface area contributed by atoms with Gasteiger partial charge in [-0.15, -0.1) is 0 Å². The highest BCUT2D eigenvalue weighted by atomic mass is 15.2. The highest BCUT2D eigenvalue weighted by molar-refractivity contribution is 5.94. The third-order valence-corrected chi connectivity index (χ3v) is 4.37. The monoisotopic (exact) mass is 269 g/mol. The number of nitrogen functional groups attached to an aromatic ring is 1. The van der Waals surface area contributed by atoms with E-state index in [2.05, 4.69) is 42.8 Å². The van der Waals surface area contributed by atoms with Crippen molar-refractivity contribution < 1.29 is 0 Å². The van der Waals surface area contributed by atoms with Gasteiger partial charge in [-0.25, -0.2) is 0 Å². The predicted octanol–water partition coefficient (Wildman–Crippen LogP) is 3.75. The van der Waals surface area contributed by atoms with Crippen LogP contribution in [0.25, 0.3) is 10.9 Å². The lowest BCUT2D eigenvalue weighted by atomic mass is 9.94. The third-order valence-electron chi connectivity index (χ3n) is 4.37. The number of piperidine rings is 1. The number of fused-ring (bicyclic) bond motifs is 1. The molecule has 1 saturated heterocycles. The van der Waals surface area contributed by atoms with E-state index in [-0.39, 0.29) is 0 Å². The molecule has 1 fully saturated rings. The summed E-state index contributed by atoms with van der Waals surface area (Å²) in [4.78, 5) is 7.17. The zero-order chi connectivity index (χ0) is 14.3. The van der Waals surface area contributed by atoms with E-state index in [0.717, 1.165) is 29.4 Å². The number of rotatable bonds is 1. The molecule has 3 nitrogen and oxygen atoms in total. The molecule has 1 aliphatic rings. The number of pyridine rings is 1. The molecule has 2 N–H and O–H groups in total. The molecule has 0 aliphatic carbocycles. The molecule has 2 unspecified atom stereocenters. The van der Waals surface area contributed by atoms with E-state index in [4.69, 9.17) is 5.73 Å². The van der Waals surface area contributed by atoms with Gasteiger partial charge in [-0.1, -0.05) is 6.92 Å². The Morgan fingerprint density at radius 3 is 2.80 bits per heavy atom. The van der Waals surface area contributed by atoms with E-state index >= 15 is 0 Å². The lowest BCUT2D eigenvalue weighted by Gasteiger charge is -2.39. The second-order valence-corrected chi connectivity index (χ2v) is 6.24. The SMILES string of the molecule is Cc1cc(N2CC(C)CCC2C)c2cc(N)ccc2n1. The van der Waals surface area contributed by atoms with Crippen molar-refractivity contribution in [2.75, 3.05) is 17.2 Å². The van der Waals surface area contributed by atoms with Gasteiger partial charge in [0.25, 0.3) is 0 Å². The van der Waals surface area contributed by atoms with Crippen molar-refractivity contribution in [3.63, 3.8) is 0 Å². The van der Waals surface area contributed by atoms with Crippen LogP contribution in [0.3, 0.4) is 0 Å². The summed E-state index contributed by atoms with van der Waals surface area (Å²) in [5, 5.41) is 1.18. The number of nitrogens with zero attached hydrogens (tertiary/aromatic N) is 2. The van der Waals surface area contributed by atoms with Gasteiger partial charge in [0.15, 0.2) is 0 Å². The van der Waals surface area contributed by atoms with Crippen LogP contribution in [0.1, 0.15) is 32.4 Å². The standard InChI is InChI=1S/C17H23N3/c1-11-4-5-13(3)20(10-11)17-8-12(2)19-16-7-6-14(18)9-15(16)17/h6-9,11,13H,4-5,10,18H2,1-3H3. The Bertz CT molecular complexity index is 635. The summed E-state index contributed by atoms with van der Waals surface area (Å²) in [5.41, 5.74) is 10.2. The minimum absolute atomic E-state index is 0.581. The number of nitrogens with two attached hydrogens (primary N) is 1. The molecule has 2 atom stereocenters. The molecule has 1 aliphatic heterocycles. The average molecular weight is 269 g/mol. The van der Waals surface area contributed by atoms with Crippen molar-refractivity contribution in [2.24, 2.45) is 5.92 Å². The molecule has 0 bridgehead atoms. The fourth-order valence-corrected chi connectivity index (χ4v) is 3.22. The van der Waals surface area contributed by atoms with Crippen molar-refractivity contribution in [3.05, 3.63) is 30.0 Å². The first-order chi connectivity index (χ1) is 9.54. The van der Waals surface area contributed by atoms with Gasteiger partial charge in [0.05, 0.1) is 5.52 Å². The molecule has 0 spiro atoms. The van der Waals surface area contributed by atoms with E-state index in [0.29, 0.717) is 6.04 Å². The van der Waals surface area contributed by atoms with Gasteiger partial charge in [0.2, 0.25) is 0 Å². The molecule has 0 saturated carbocycles. The molecule has 3 rings (SSSR count). The summed E-state index contributed by atoms with van der Waals surface area (Å²) in [5.74, 6) is 0.746. The second kappa shape index (κ2) is 4.97. The zero-order valence-corrected chi connectivity index (χ0v) is 12.6. The molecule has 20 heavy (non-hydrogen) atoms. The fraction of sp³-hybridized carbons (Fsp3) is 0.471. The Morgan fingerprint density at radius 2 is 2.00 bits per heavy atom. The predicted molar refractivity (Wildman–Crippen MR) is 86.1 cm³/mol. The van der Waals surface area contributed by atoms with Gasteiger partial charge < -0.3 is 10.6 Å². The summed E-state index contributed by atoms with van der Waals surface area (Å²) >= 11 is 0. The van der Waals surface area contributed by atoms with Crippen LogP contribution in [-0.4, -0.2) is 17.6 Å². The Hall–Kier alpha value is -1.77. The normalized spacial score (nSPS) is 23.2. The minimum Gasteiger partial charge on any atom is -0.399 e. The van der Waals surface area contributed by atoms with Gasteiger partial charge in [-0.3, -0.25) is 4.98 Å². The summed E-state index contributed by atoms with van der Waals surface area (Å²) in [6, 6.07) is 8.80. The molecule has 0 radical (unpaired) electrons. The summed E-state index contributed by atoms with van der Waals surface area (Å²) in [6.45, 7) is 7.84. The highest BCUT2D eigenvalue weighted by Crippen LogP contribution is 2.33. The van der Waals surface area contributed by atoms with E-state index in [1.54, 1.807) is 0 Å². The van der Waals surface area contributed by atoms with Crippen molar-refractivity contribution >= 4 is 22.3 Å². The quantitative estimate of drug-likeness (QED) is 0.802. The maximum absolute atomic E-state index is 5.98. The van der Waals surface area contributed by atoms with Gasteiger partial charge in [0, 0.05) is 35.0 Å². The van der Waals surface area contributed by atoms with Crippen LogP contribution in [0, 0.1) is 12.8 Å².